The highest BCUT2D eigenvalue weighted by Crippen LogP contribution is 2.28. The molecule has 0 radical (unpaired) electrons. The molecule has 1 atom stereocenters. The van der Waals surface area contributed by atoms with Crippen LogP contribution in [0.1, 0.15) is 19.8 Å². The van der Waals surface area contributed by atoms with Crippen LogP contribution in [0.5, 0.6) is 0 Å². The third kappa shape index (κ3) is 3.44. The highest BCUT2D eigenvalue weighted by atomic mass is 35.5. The van der Waals surface area contributed by atoms with Gasteiger partial charge in [-0.3, -0.25) is 0 Å². The van der Waals surface area contributed by atoms with Crippen LogP contribution in [-0.2, 0) is 14.8 Å². The Morgan fingerprint density at radius 1 is 1.40 bits per heavy atom. The largest absolute Gasteiger partial charge is 0.398 e. The minimum Gasteiger partial charge on any atom is -0.398 e. The van der Waals surface area contributed by atoms with Crippen molar-refractivity contribution in [1.82, 2.24) is 4.72 Å². The van der Waals surface area contributed by atoms with Gasteiger partial charge in [-0.05, 0) is 37.8 Å². The van der Waals surface area contributed by atoms with E-state index in [1.165, 1.54) is 12.1 Å². The number of sulfonamides is 1. The van der Waals surface area contributed by atoms with Gasteiger partial charge in [-0.25, -0.2) is 13.1 Å². The normalized spacial score (nSPS) is 18.9. The lowest BCUT2D eigenvalue weighted by molar-refractivity contribution is 0.0586. The number of hydrogen-bond donors (Lipinski definition) is 2. The SMILES string of the molecule is CC(NS(=O)(=O)c1c(N)cccc1Cl)C1CCOCC1. The maximum absolute atomic E-state index is 12.4. The zero-order chi connectivity index (χ0) is 14.8. The quantitative estimate of drug-likeness (QED) is 0.832. The summed E-state index contributed by atoms with van der Waals surface area (Å²) in [6, 6.07) is 4.49. The summed E-state index contributed by atoms with van der Waals surface area (Å²) in [5.41, 5.74) is 5.89. The Morgan fingerprint density at radius 3 is 2.65 bits per heavy atom. The number of nitrogen functional groups attached to an aromatic ring is 1. The van der Waals surface area contributed by atoms with Crippen molar-refractivity contribution in [1.29, 1.82) is 0 Å². The predicted molar refractivity (Wildman–Crippen MR) is 79.2 cm³/mol. The Kier molecular flexibility index (Phi) is 4.90. The van der Waals surface area contributed by atoms with Gasteiger partial charge in [0.15, 0.2) is 0 Å². The molecule has 0 saturated carbocycles. The number of hydrogen-bond acceptors (Lipinski definition) is 4. The van der Waals surface area contributed by atoms with Crippen molar-refractivity contribution >= 4 is 27.3 Å². The molecule has 2 rings (SSSR count). The van der Waals surface area contributed by atoms with Gasteiger partial charge in [0.1, 0.15) is 4.90 Å². The average molecular weight is 319 g/mol. The Hall–Kier alpha value is -0.820. The second-order valence-corrected chi connectivity index (χ2v) is 7.08. The standard InChI is InChI=1S/C13H19ClN2O3S/c1-9(10-5-7-19-8-6-10)16-20(17,18)13-11(14)3-2-4-12(13)15/h2-4,9-10,16H,5-8,15H2,1H3. The topological polar surface area (TPSA) is 81.4 Å². The van der Waals surface area contributed by atoms with E-state index in [-0.39, 0.29) is 27.6 Å². The molecule has 112 valence electrons. The molecule has 1 aromatic carbocycles. The molecule has 5 nitrogen and oxygen atoms in total. The number of benzene rings is 1. The van der Waals surface area contributed by atoms with Crippen LogP contribution in [0.15, 0.2) is 23.1 Å². The molecule has 0 bridgehead atoms. The van der Waals surface area contributed by atoms with Crippen molar-refractivity contribution in [3.8, 4) is 0 Å². The molecular weight excluding hydrogens is 300 g/mol. The van der Waals surface area contributed by atoms with Crippen LogP contribution in [-0.4, -0.2) is 27.7 Å². The molecule has 1 heterocycles. The molecule has 20 heavy (non-hydrogen) atoms. The third-order valence-corrected chi connectivity index (χ3v) is 5.68. The van der Waals surface area contributed by atoms with Crippen LogP contribution >= 0.6 is 11.6 Å². The van der Waals surface area contributed by atoms with Gasteiger partial charge >= 0.3 is 0 Å². The fraction of sp³-hybridized carbons (Fsp3) is 0.538. The maximum atomic E-state index is 12.4. The summed E-state index contributed by atoms with van der Waals surface area (Å²) in [7, 11) is -3.72. The minimum atomic E-state index is -3.72. The molecule has 1 saturated heterocycles. The van der Waals surface area contributed by atoms with E-state index in [9.17, 15) is 8.42 Å². The Morgan fingerprint density at radius 2 is 2.05 bits per heavy atom. The molecular formula is C13H19ClN2O3S. The van der Waals surface area contributed by atoms with Crippen molar-refractivity contribution in [3.05, 3.63) is 23.2 Å². The molecule has 1 aliphatic heterocycles. The van der Waals surface area contributed by atoms with Gasteiger partial charge in [0.25, 0.3) is 0 Å². The Balaban J connectivity index is 2.18. The highest BCUT2D eigenvalue weighted by Gasteiger charge is 2.27. The Labute approximate surface area is 124 Å². The van der Waals surface area contributed by atoms with Crippen molar-refractivity contribution < 1.29 is 13.2 Å². The van der Waals surface area contributed by atoms with E-state index < -0.39 is 10.0 Å². The van der Waals surface area contributed by atoms with Crippen molar-refractivity contribution in [2.24, 2.45) is 5.92 Å². The monoisotopic (exact) mass is 318 g/mol. The van der Waals surface area contributed by atoms with E-state index in [1.807, 2.05) is 6.92 Å². The van der Waals surface area contributed by atoms with Gasteiger partial charge in [-0.2, -0.15) is 0 Å². The summed E-state index contributed by atoms with van der Waals surface area (Å²) >= 11 is 5.96. The van der Waals surface area contributed by atoms with Gasteiger partial charge in [0, 0.05) is 19.3 Å². The molecule has 0 amide bonds. The molecule has 0 spiro atoms. The Bertz CT molecular complexity index is 551. The second kappa shape index (κ2) is 6.30. The van der Waals surface area contributed by atoms with Gasteiger partial charge in [-0.15, -0.1) is 0 Å². The summed E-state index contributed by atoms with van der Waals surface area (Å²) in [5.74, 6) is 0.266. The fourth-order valence-electron chi connectivity index (χ4n) is 2.42. The summed E-state index contributed by atoms with van der Waals surface area (Å²) in [6.07, 6.45) is 1.70. The third-order valence-electron chi connectivity index (χ3n) is 3.58. The number of halogens is 1. The zero-order valence-corrected chi connectivity index (χ0v) is 12.9. The van der Waals surface area contributed by atoms with E-state index in [0.29, 0.717) is 13.2 Å². The summed E-state index contributed by atoms with van der Waals surface area (Å²) in [6.45, 7) is 3.20. The average Bonchev–Trinajstić information content (AvgIpc) is 2.38. The lowest BCUT2D eigenvalue weighted by atomic mass is 9.94. The molecule has 0 aliphatic carbocycles. The molecule has 1 aliphatic rings. The molecule has 1 unspecified atom stereocenters. The van der Waals surface area contributed by atoms with Gasteiger partial charge in [0.05, 0.1) is 10.7 Å². The van der Waals surface area contributed by atoms with Crippen molar-refractivity contribution in [3.63, 3.8) is 0 Å². The van der Waals surface area contributed by atoms with Crippen LogP contribution in [0.3, 0.4) is 0 Å². The lowest BCUT2D eigenvalue weighted by Gasteiger charge is -2.28. The van der Waals surface area contributed by atoms with E-state index in [1.54, 1.807) is 6.07 Å². The maximum Gasteiger partial charge on any atom is 0.244 e. The minimum absolute atomic E-state index is 0.0411. The first-order valence-electron chi connectivity index (χ1n) is 6.56. The van der Waals surface area contributed by atoms with Crippen LogP contribution < -0.4 is 10.5 Å². The van der Waals surface area contributed by atoms with Gasteiger partial charge in [-0.1, -0.05) is 17.7 Å². The first-order valence-corrected chi connectivity index (χ1v) is 8.42. The number of rotatable bonds is 4. The highest BCUT2D eigenvalue weighted by molar-refractivity contribution is 7.89. The first-order chi connectivity index (χ1) is 9.42. The van der Waals surface area contributed by atoms with E-state index >= 15 is 0 Å². The van der Waals surface area contributed by atoms with Crippen molar-refractivity contribution in [2.75, 3.05) is 18.9 Å². The van der Waals surface area contributed by atoms with Crippen LogP contribution in [0, 0.1) is 5.92 Å². The van der Waals surface area contributed by atoms with E-state index in [2.05, 4.69) is 4.72 Å². The van der Waals surface area contributed by atoms with Crippen LogP contribution in [0.2, 0.25) is 5.02 Å². The number of anilines is 1. The van der Waals surface area contributed by atoms with Gasteiger partial charge < -0.3 is 10.5 Å². The summed E-state index contributed by atoms with van der Waals surface area (Å²) in [5, 5.41) is 0.136. The van der Waals surface area contributed by atoms with E-state index in [0.717, 1.165) is 12.8 Å². The molecule has 1 fully saturated rings. The van der Waals surface area contributed by atoms with Gasteiger partial charge in [0.2, 0.25) is 10.0 Å². The van der Waals surface area contributed by atoms with Crippen LogP contribution in [0.25, 0.3) is 0 Å². The summed E-state index contributed by atoms with van der Waals surface area (Å²) < 4.78 is 32.8. The fourth-order valence-corrected chi connectivity index (χ4v) is 4.41. The van der Waals surface area contributed by atoms with Crippen molar-refractivity contribution in [2.45, 2.75) is 30.7 Å². The van der Waals surface area contributed by atoms with E-state index in [4.69, 9.17) is 22.1 Å². The van der Waals surface area contributed by atoms with Crippen LogP contribution in [0.4, 0.5) is 5.69 Å². The molecule has 3 N–H and O–H groups in total. The lowest BCUT2D eigenvalue weighted by Crippen LogP contribution is -2.40. The second-order valence-electron chi connectivity index (χ2n) is 5.02. The molecule has 1 aromatic rings. The first kappa shape index (κ1) is 15.6. The number of nitrogens with one attached hydrogen (secondary N) is 1. The smallest absolute Gasteiger partial charge is 0.244 e. The molecule has 0 aromatic heterocycles. The summed E-state index contributed by atoms with van der Waals surface area (Å²) in [4.78, 5) is -0.0411. The predicted octanol–water partition coefficient (Wildman–Crippen LogP) is 2.02. The molecule has 7 heteroatoms. The zero-order valence-electron chi connectivity index (χ0n) is 11.3. The number of nitrogens with two attached hydrogens (primary N) is 1. The number of ether oxygens (including phenoxy) is 1.